The number of amides is 1. The number of aromatic nitrogens is 1. The van der Waals surface area contributed by atoms with Crippen LogP contribution in [0, 0.1) is 5.41 Å². The second-order valence-electron chi connectivity index (χ2n) is 8.37. The fraction of sp³-hybridized carbons (Fsp3) is 0.762. The lowest BCUT2D eigenvalue weighted by Crippen LogP contribution is -2.43. The second-order valence-corrected chi connectivity index (χ2v) is 9.21. The molecule has 0 bridgehead atoms. The number of hydrogen-bond acceptors (Lipinski definition) is 5. The van der Waals surface area contributed by atoms with Crippen LogP contribution in [0.3, 0.4) is 0 Å². The van der Waals surface area contributed by atoms with Crippen LogP contribution in [-0.2, 0) is 11.2 Å². The van der Waals surface area contributed by atoms with Crippen molar-refractivity contribution in [2.75, 3.05) is 51.7 Å². The first-order chi connectivity index (χ1) is 14.0. The summed E-state index contributed by atoms with van der Waals surface area (Å²) in [5, 5.41) is 10.1. The van der Waals surface area contributed by atoms with Gasteiger partial charge in [-0.15, -0.1) is 35.3 Å². The zero-order valence-electron chi connectivity index (χ0n) is 18.6. The third-order valence-corrected chi connectivity index (χ3v) is 6.84. The van der Waals surface area contributed by atoms with Gasteiger partial charge in [0, 0.05) is 52.1 Å². The van der Waals surface area contributed by atoms with Gasteiger partial charge in [0.1, 0.15) is 0 Å². The standard InChI is InChI=1S/C21H36N6OS.HI/c1-4-22-19(24-16-21(10-5-6-11-21)18(28)26(2)3)23-12-9-17-15-29-20(25-17)27-13-7-8-14-27;/h15H,4-14,16H2,1-3H3,(H2,22,23,24);1H. The molecule has 0 atom stereocenters. The molecule has 7 nitrogen and oxygen atoms in total. The van der Waals surface area contributed by atoms with Crippen molar-refractivity contribution in [3.63, 3.8) is 0 Å². The first-order valence-electron chi connectivity index (χ1n) is 11.0. The summed E-state index contributed by atoms with van der Waals surface area (Å²) in [5.74, 6) is 1.01. The molecule has 0 aromatic carbocycles. The molecule has 2 fully saturated rings. The average molecular weight is 549 g/mol. The van der Waals surface area contributed by atoms with E-state index in [4.69, 9.17) is 9.98 Å². The molecule has 0 radical (unpaired) electrons. The van der Waals surface area contributed by atoms with Crippen LogP contribution in [0.4, 0.5) is 5.13 Å². The molecular weight excluding hydrogens is 511 g/mol. The van der Waals surface area contributed by atoms with Gasteiger partial charge in [-0.25, -0.2) is 4.98 Å². The topological polar surface area (TPSA) is 72.9 Å². The molecule has 2 heterocycles. The van der Waals surface area contributed by atoms with Crippen molar-refractivity contribution < 1.29 is 4.79 Å². The highest BCUT2D eigenvalue weighted by Gasteiger charge is 2.42. The number of carbonyl (C=O) groups is 1. The molecule has 0 unspecified atom stereocenters. The maximum atomic E-state index is 12.8. The Labute approximate surface area is 202 Å². The Bertz CT molecular complexity index is 695. The second kappa shape index (κ2) is 12.1. The molecule has 30 heavy (non-hydrogen) atoms. The first-order valence-corrected chi connectivity index (χ1v) is 11.9. The Morgan fingerprint density at radius 1 is 1.23 bits per heavy atom. The normalized spacial score (nSPS) is 18.2. The molecule has 1 amide bonds. The van der Waals surface area contributed by atoms with Crippen LogP contribution in [-0.4, -0.2) is 68.6 Å². The van der Waals surface area contributed by atoms with Gasteiger partial charge in [0.25, 0.3) is 0 Å². The van der Waals surface area contributed by atoms with E-state index >= 15 is 0 Å². The molecule has 2 N–H and O–H groups in total. The minimum atomic E-state index is -0.328. The summed E-state index contributed by atoms with van der Waals surface area (Å²) < 4.78 is 0. The van der Waals surface area contributed by atoms with Crippen LogP contribution in [0.15, 0.2) is 10.4 Å². The summed E-state index contributed by atoms with van der Waals surface area (Å²) in [5.41, 5.74) is 0.807. The smallest absolute Gasteiger partial charge is 0.230 e. The van der Waals surface area contributed by atoms with Gasteiger partial charge in [0.05, 0.1) is 17.7 Å². The lowest BCUT2D eigenvalue weighted by molar-refractivity contribution is -0.138. The lowest BCUT2D eigenvalue weighted by Gasteiger charge is -2.29. The average Bonchev–Trinajstić information content (AvgIpc) is 3.47. The zero-order valence-corrected chi connectivity index (χ0v) is 21.7. The van der Waals surface area contributed by atoms with Gasteiger partial charge in [0.2, 0.25) is 5.91 Å². The number of rotatable bonds is 8. The van der Waals surface area contributed by atoms with Crippen molar-refractivity contribution in [1.82, 2.24) is 20.5 Å². The predicted octanol–water partition coefficient (Wildman–Crippen LogP) is 3.11. The zero-order chi connectivity index (χ0) is 20.7. The van der Waals surface area contributed by atoms with Crippen LogP contribution < -0.4 is 15.5 Å². The van der Waals surface area contributed by atoms with E-state index in [9.17, 15) is 4.79 Å². The molecule has 1 aromatic heterocycles. The predicted molar refractivity (Wildman–Crippen MR) is 136 cm³/mol. The van der Waals surface area contributed by atoms with Crippen molar-refractivity contribution >= 4 is 52.3 Å². The summed E-state index contributed by atoms with van der Waals surface area (Å²) in [4.78, 5) is 26.4. The van der Waals surface area contributed by atoms with E-state index in [1.54, 1.807) is 16.2 Å². The fourth-order valence-corrected chi connectivity index (χ4v) is 5.23. The minimum absolute atomic E-state index is 0. The van der Waals surface area contributed by atoms with E-state index in [1.165, 1.54) is 12.8 Å². The Balaban J connectivity index is 0.00000320. The molecule has 1 aromatic rings. The van der Waals surface area contributed by atoms with Crippen LogP contribution in [0.25, 0.3) is 0 Å². The molecule has 9 heteroatoms. The molecule has 1 aliphatic carbocycles. The number of halogens is 1. The third-order valence-electron chi connectivity index (χ3n) is 5.89. The third kappa shape index (κ3) is 6.45. The van der Waals surface area contributed by atoms with E-state index in [-0.39, 0.29) is 35.3 Å². The first kappa shape index (κ1) is 25.2. The summed E-state index contributed by atoms with van der Waals surface area (Å²) in [6, 6.07) is 0. The Morgan fingerprint density at radius 2 is 1.93 bits per heavy atom. The van der Waals surface area contributed by atoms with Crippen molar-refractivity contribution in [3.8, 4) is 0 Å². The van der Waals surface area contributed by atoms with Crippen LogP contribution in [0.1, 0.15) is 51.1 Å². The van der Waals surface area contributed by atoms with Crippen LogP contribution in [0.5, 0.6) is 0 Å². The molecule has 3 rings (SSSR count). The van der Waals surface area contributed by atoms with Crippen molar-refractivity contribution in [2.45, 2.75) is 51.9 Å². The monoisotopic (exact) mass is 548 g/mol. The van der Waals surface area contributed by atoms with Gasteiger partial charge >= 0.3 is 0 Å². The van der Waals surface area contributed by atoms with E-state index in [1.807, 2.05) is 14.1 Å². The molecular formula is C21H37IN6OS. The van der Waals surface area contributed by atoms with Crippen molar-refractivity contribution in [2.24, 2.45) is 10.4 Å². The Hall–Kier alpha value is -1.10. The molecule has 170 valence electrons. The fourth-order valence-electron chi connectivity index (χ4n) is 4.31. The number of anilines is 1. The summed E-state index contributed by atoms with van der Waals surface area (Å²) in [7, 11) is 3.69. The summed E-state index contributed by atoms with van der Waals surface area (Å²) in [6.45, 7) is 6.47. The Morgan fingerprint density at radius 3 is 2.57 bits per heavy atom. The van der Waals surface area contributed by atoms with Gasteiger partial charge < -0.3 is 20.4 Å². The van der Waals surface area contributed by atoms with Gasteiger partial charge in [-0.05, 0) is 32.6 Å². The number of nitrogens with zero attached hydrogens (tertiary/aromatic N) is 4. The van der Waals surface area contributed by atoms with Crippen molar-refractivity contribution in [3.05, 3.63) is 11.1 Å². The molecule has 1 saturated heterocycles. The highest BCUT2D eigenvalue weighted by molar-refractivity contribution is 14.0. The van der Waals surface area contributed by atoms with E-state index in [0.717, 1.165) is 75.1 Å². The number of carbonyl (C=O) groups excluding carboxylic acids is 1. The number of guanidine groups is 1. The lowest BCUT2D eigenvalue weighted by atomic mass is 9.85. The van der Waals surface area contributed by atoms with Gasteiger partial charge in [-0.2, -0.15) is 0 Å². The highest BCUT2D eigenvalue weighted by Crippen LogP contribution is 2.39. The Kier molecular flexibility index (Phi) is 10.1. The van der Waals surface area contributed by atoms with Gasteiger partial charge in [0.15, 0.2) is 11.1 Å². The summed E-state index contributed by atoms with van der Waals surface area (Å²) >= 11 is 1.75. The van der Waals surface area contributed by atoms with Gasteiger partial charge in [-0.3, -0.25) is 9.79 Å². The molecule has 1 saturated carbocycles. The SMILES string of the molecule is CCNC(=NCC1(C(=O)N(C)C)CCCC1)NCCc1csc(N2CCCC2)n1.I. The van der Waals surface area contributed by atoms with Crippen LogP contribution in [0.2, 0.25) is 0 Å². The van der Waals surface area contributed by atoms with Gasteiger partial charge in [-0.1, -0.05) is 12.8 Å². The van der Waals surface area contributed by atoms with Crippen molar-refractivity contribution in [1.29, 1.82) is 0 Å². The highest BCUT2D eigenvalue weighted by atomic mass is 127. The number of thiazole rings is 1. The number of nitrogens with one attached hydrogen (secondary N) is 2. The molecule has 2 aliphatic rings. The maximum Gasteiger partial charge on any atom is 0.230 e. The number of aliphatic imine (C=N–C) groups is 1. The van der Waals surface area contributed by atoms with Crippen LogP contribution >= 0.6 is 35.3 Å². The van der Waals surface area contributed by atoms with E-state index in [2.05, 4.69) is 27.8 Å². The van der Waals surface area contributed by atoms with E-state index in [0.29, 0.717) is 6.54 Å². The quantitative estimate of drug-likeness (QED) is 0.297. The largest absolute Gasteiger partial charge is 0.357 e. The minimum Gasteiger partial charge on any atom is -0.357 e. The maximum absolute atomic E-state index is 12.8. The number of hydrogen-bond donors (Lipinski definition) is 2. The summed E-state index contributed by atoms with van der Waals surface area (Å²) in [6.07, 6.45) is 7.52. The molecule has 1 aliphatic heterocycles. The van der Waals surface area contributed by atoms with E-state index < -0.39 is 0 Å². The molecule has 0 spiro atoms.